The first kappa shape index (κ1) is 15.1. The van der Waals surface area contributed by atoms with E-state index in [1.54, 1.807) is 0 Å². The molecule has 0 spiro atoms. The second-order valence-electron chi connectivity index (χ2n) is 6.40. The van der Waals surface area contributed by atoms with Gasteiger partial charge in [0, 0.05) is 0 Å². The van der Waals surface area contributed by atoms with Gasteiger partial charge in [-0.2, -0.15) is 0 Å². The topological polar surface area (TPSA) is 0 Å². The third-order valence-electron chi connectivity index (χ3n) is 5.55. The van der Waals surface area contributed by atoms with Gasteiger partial charge in [-0.05, 0) is 48.9 Å². The summed E-state index contributed by atoms with van der Waals surface area (Å²) in [6.45, 7) is 11.5. The average molecular weight is 238 g/mol. The first-order valence-electron chi connectivity index (χ1n) is 8.18. The average Bonchev–Trinajstić information content (AvgIpc) is 2.69. The normalized spacial score (nSPS) is 37.9. The zero-order valence-electron chi connectivity index (χ0n) is 12.9. The molecule has 0 amide bonds. The third-order valence-corrected chi connectivity index (χ3v) is 5.55. The molecule has 102 valence electrons. The zero-order valence-corrected chi connectivity index (χ0v) is 12.9. The van der Waals surface area contributed by atoms with Crippen LogP contribution in [0.25, 0.3) is 0 Å². The summed E-state index contributed by atoms with van der Waals surface area (Å²) >= 11 is 0. The van der Waals surface area contributed by atoms with Crippen molar-refractivity contribution in [1.82, 2.24) is 0 Å². The van der Waals surface area contributed by atoms with Crippen molar-refractivity contribution in [2.24, 2.45) is 23.2 Å². The number of rotatable bonds is 3. The molecule has 0 aromatic carbocycles. The lowest BCUT2D eigenvalue weighted by Gasteiger charge is -2.43. The molecule has 0 radical (unpaired) electrons. The summed E-state index contributed by atoms with van der Waals surface area (Å²) in [6, 6.07) is 0. The van der Waals surface area contributed by atoms with E-state index < -0.39 is 0 Å². The van der Waals surface area contributed by atoms with E-state index in [0.717, 1.165) is 23.2 Å². The molecule has 2 rings (SSSR count). The molecule has 2 fully saturated rings. The molecule has 0 heteroatoms. The van der Waals surface area contributed by atoms with Crippen LogP contribution < -0.4 is 0 Å². The molecular weight excluding hydrogens is 204 g/mol. The minimum Gasteiger partial charge on any atom is -0.0683 e. The lowest BCUT2D eigenvalue weighted by molar-refractivity contribution is 0.0670. The van der Waals surface area contributed by atoms with Crippen molar-refractivity contribution in [3.63, 3.8) is 0 Å². The smallest absolute Gasteiger partial charge is 0.0267 e. The van der Waals surface area contributed by atoms with Gasteiger partial charge in [-0.15, -0.1) is 0 Å². The maximum atomic E-state index is 2.61. The van der Waals surface area contributed by atoms with Crippen LogP contribution in [0.15, 0.2) is 0 Å². The molecule has 17 heavy (non-hydrogen) atoms. The van der Waals surface area contributed by atoms with Gasteiger partial charge in [-0.1, -0.05) is 60.3 Å². The van der Waals surface area contributed by atoms with Crippen molar-refractivity contribution in [2.75, 3.05) is 0 Å². The SMILES string of the molecule is CC.CCC[C@@H](C)C1CCC2CCCCC21C. The van der Waals surface area contributed by atoms with Crippen LogP contribution in [0.1, 0.15) is 86.0 Å². The van der Waals surface area contributed by atoms with E-state index in [2.05, 4.69) is 20.8 Å². The van der Waals surface area contributed by atoms with Crippen molar-refractivity contribution in [2.45, 2.75) is 86.0 Å². The highest BCUT2D eigenvalue weighted by atomic mass is 14.5. The van der Waals surface area contributed by atoms with Crippen LogP contribution in [0.4, 0.5) is 0 Å². The van der Waals surface area contributed by atoms with Gasteiger partial charge in [-0.25, -0.2) is 0 Å². The number of hydrogen-bond acceptors (Lipinski definition) is 0. The van der Waals surface area contributed by atoms with Gasteiger partial charge in [-0.3, -0.25) is 0 Å². The Bertz CT molecular complexity index is 208. The number of hydrogen-bond donors (Lipinski definition) is 0. The Hall–Kier alpha value is 0. The Kier molecular flexibility index (Phi) is 6.03. The summed E-state index contributed by atoms with van der Waals surface area (Å²) in [4.78, 5) is 0. The van der Waals surface area contributed by atoms with E-state index in [1.807, 2.05) is 13.8 Å². The molecule has 0 heterocycles. The molecule has 0 aromatic rings. The van der Waals surface area contributed by atoms with Crippen LogP contribution in [0.2, 0.25) is 0 Å². The predicted octanol–water partition coefficient (Wildman–Crippen LogP) is 6.06. The Balaban J connectivity index is 0.000000686. The molecule has 0 aliphatic heterocycles. The quantitative estimate of drug-likeness (QED) is 0.561. The van der Waals surface area contributed by atoms with Crippen LogP contribution >= 0.6 is 0 Å². The van der Waals surface area contributed by atoms with Gasteiger partial charge < -0.3 is 0 Å². The lowest BCUT2D eigenvalue weighted by atomic mass is 9.62. The highest BCUT2D eigenvalue weighted by Crippen LogP contribution is 2.58. The molecule has 0 nitrogen and oxygen atoms in total. The Morgan fingerprint density at radius 1 is 1.12 bits per heavy atom. The molecule has 3 unspecified atom stereocenters. The van der Waals surface area contributed by atoms with Gasteiger partial charge in [0.05, 0.1) is 0 Å². The Labute approximate surface area is 110 Å². The van der Waals surface area contributed by atoms with Crippen molar-refractivity contribution in [3.8, 4) is 0 Å². The minimum absolute atomic E-state index is 0.729. The molecule has 0 aromatic heterocycles. The summed E-state index contributed by atoms with van der Waals surface area (Å²) in [5, 5.41) is 0. The highest BCUT2D eigenvalue weighted by molar-refractivity contribution is 4.98. The minimum atomic E-state index is 0.729. The maximum absolute atomic E-state index is 2.61. The first-order chi connectivity index (χ1) is 8.18. The summed E-state index contributed by atoms with van der Waals surface area (Å²) < 4.78 is 0. The fourth-order valence-electron chi connectivity index (χ4n) is 4.69. The van der Waals surface area contributed by atoms with E-state index in [9.17, 15) is 0 Å². The van der Waals surface area contributed by atoms with Crippen LogP contribution in [0.5, 0.6) is 0 Å². The summed E-state index contributed by atoms with van der Waals surface area (Å²) in [6.07, 6.45) is 12.0. The van der Waals surface area contributed by atoms with Crippen molar-refractivity contribution >= 4 is 0 Å². The van der Waals surface area contributed by atoms with E-state index in [0.29, 0.717) is 0 Å². The molecule has 0 saturated heterocycles. The Morgan fingerprint density at radius 2 is 1.82 bits per heavy atom. The lowest BCUT2D eigenvalue weighted by Crippen LogP contribution is -2.34. The molecular formula is C17H34. The van der Waals surface area contributed by atoms with Gasteiger partial charge in [0.2, 0.25) is 0 Å². The zero-order chi connectivity index (χ0) is 12.9. The van der Waals surface area contributed by atoms with Crippen molar-refractivity contribution in [1.29, 1.82) is 0 Å². The predicted molar refractivity (Wildman–Crippen MR) is 78.2 cm³/mol. The van der Waals surface area contributed by atoms with Crippen LogP contribution in [0.3, 0.4) is 0 Å². The van der Waals surface area contributed by atoms with Gasteiger partial charge in [0.25, 0.3) is 0 Å². The van der Waals surface area contributed by atoms with E-state index >= 15 is 0 Å². The molecule has 2 aliphatic rings. The number of fused-ring (bicyclic) bond motifs is 1. The first-order valence-corrected chi connectivity index (χ1v) is 8.18. The Morgan fingerprint density at radius 3 is 2.47 bits per heavy atom. The van der Waals surface area contributed by atoms with Gasteiger partial charge >= 0.3 is 0 Å². The van der Waals surface area contributed by atoms with Crippen LogP contribution in [0, 0.1) is 23.2 Å². The summed E-state index contributed by atoms with van der Waals surface area (Å²) in [5.74, 6) is 3.10. The molecule has 2 saturated carbocycles. The van der Waals surface area contributed by atoms with Crippen molar-refractivity contribution < 1.29 is 0 Å². The largest absolute Gasteiger partial charge is 0.0683 e. The monoisotopic (exact) mass is 238 g/mol. The highest BCUT2D eigenvalue weighted by Gasteiger charge is 2.48. The van der Waals surface area contributed by atoms with Crippen LogP contribution in [-0.4, -0.2) is 0 Å². The van der Waals surface area contributed by atoms with Crippen LogP contribution in [-0.2, 0) is 0 Å². The van der Waals surface area contributed by atoms with E-state index in [-0.39, 0.29) is 0 Å². The van der Waals surface area contributed by atoms with Crippen molar-refractivity contribution in [3.05, 3.63) is 0 Å². The van der Waals surface area contributed by atoms with E-state index in [1.165, 1.54) is 51.4 Å². The summed E-state index contributed by atoms with van der Waals surface area (Å²) in [5.41, 5.74) is 0.729. The fraction of sp³-hybridized carbons (Fsp3) is 1.00. The molecule has 2 aliphatic carbocycles. The van der Waals surface area contributed by atoms with Gasteiger partial charge in [0.1, 0.15) is 0 Å². The van der Waals surface area contributed by atoms with E-state index in [4.69, 9.17) is 0 Å². The maximum Gasteiger partial charge on any atom is -0.0267 e. The molecule has 4 atom stereocenters. The standard InChI is InChI=1S/C15H28.C2H6/c1-4-7-12(2)14-10-9-13-8-5-6-11-15(13,14)3;1-2/h12-14H,4-11H2,1-3H3;1-2H3/t12-,13?,14?,15?;/m1./s1. The third kappa shape index (κ3) is 3.06. The second kappa shape index (κ2) is 6.81. The second-order valence-corrected chi connectivity index (χ2v) is 6.40. The molecule has 0 N–H and O–H groups in total. The fourth-order valence-corrected chi connectivity index (χ4v) is 4.69. The molecule has 0 bridgehead atoms. The summed E-state index contributed by atoms with van der Waals surface area (Å²) in [7, 11) is 0. The van der Waals surface area contributed by atoms with Gasteiger partial charge in [0.15, 0.2) is 0 Å².